The lowest BCUT2D eigenvalue weighted by atomic mass is 10.1. The summed E-state index contributed by atoms with van der Waals surface area (Å²) >= 11 is 1.11. The maximum absolute atomic E-state index is 13.1. The molecular formula is C34H39N7O7S. The number of rotatable bonds is 15. The highest BCUT2D eigenvalue weighted by atomic mass is 32.2. The van der Waals surface area contributed by atoms with Gasteiger partial charge in [-0.2, -0.15) is 0 Å². The van der Waals surface area contributed by atoms with Crippen LogP contribution in [0.25, 0.3) is 0 Å². The molecule has 6 amide bonds. The number of imide groups is 1. The van der Waals surface area contributed by atoms with E-state index in [1.165, 1.54) is 17.0 Å². The second-order valence-corrected chi connectivity index (χ2v) is 12.5. The second-order valence-electron chi connectivity index (χ2n) is 11.3. The van der Waals surface area contributed by atoms with Crippen molar-refractivity contribution in [3.63, 3.8) is 0 Å². The third-order valence-corrected chi connectivity index (χ3v) is 8.95. The van der Waals surface area contributed by atoms with Gasteiger partial charge in [-0.3, -0.25) is 28.9 Å². The molecular weight excluding hydrogens is 650 g/mol. The summed E-state index contributed by atoms with van der Waals surface area (Å²) < 4.78 is 5.27. The molecule has 0 saturated carbocycles. The number of thioether (sulfide) groups is 1. The number of likely N-dealkylation sites (tertiary alicyclic amines) is 1. The summed E-state index contributed by atoms with van der Waals surface area (Å²) in [6, 6.07) is 21.1. The molecule has 49 heavy (non-hydrogen) atoms. The summed E-state index contributed by atoms with van der Waals surface area (Å²) in [5.41, 5.74) is 19.5. The zero-order valence-corrected chi connectivity index (χ0v) is 27.4. The summed E-state index contributed by atoms with van der Waals surface area (Å²) in [7, 11) is 0. The van der Waals surface area contributed by atoms with E-state index >= 15 is 0 Å². The van der Waals surface area contributed by atoms with Gasteiger partial charge in [-0.1, -0.05) is 60.7 Å². The van der Waals surface area contributed by atoms with E-state index in [2.05, 4.69) is 16.0 Å². The van der Waals surface area contributed by atoms with E-state index in [0.717, 1.165) is 22.9 Å². The largest absolute Gasteiger partial charge is 0.413 e. The molecule has 9 N–H and O–H groups in total. The maximum Gasteiger partial charge on any atom is 0.413 e. The minimum atomic E-state index is -1.27. The van der Waals surface area contributed by atoms with Gasteiger partial charge in [0, 0.05) is 24.4 Å². The van der Waals surface area contributed by atoms with Crippen molar-refractivity contribution in [2.75, 3.05) is 17.6 Å². The fourth-order valence-corrected chi connectivity index (χ4v) is 6.11. The molecule has 4 rings (SSSR count). The van der Waals surface area contributed by atoms with Gasteiger partial charge in [0.05, 0.1) is 17.8 Å². The van der Waals surface area contributed by atoms with Crippen molar-refractivity contribution in [3.05, 3.63) is 96.1 Å². The van der Waals surface area contributed by atoms with Crippen molar-refractivity contribution in [2.24, 2.45) is 17.2 Å². The van der Waals surface area contributed by atoms with Gasteiger partial charge in [-0.15, -0.1) is 11.8 Å². The van der Waals surface area contributed by atoms with Crippen LogP contribution in [0.1, 0.15) is 24.0 Å². The third kappa shape index (κ3) is 10.9. The fourth-order valence-electron chi connectivity index (χ4n) is 4.88. The molecule has 3 aromatic rings. The van der Waals surface area contributed by atoms with E-state index in [9.17, 15) is 28.8 Å². The van der Waals surface area contributed by atoms with Crippen molar-refractivity contribution in [2.45, 2.75) is 49.2 Å². The lowest BCUT2D eigenvalue weighted by molar-refractivity contribution is -0.148. The number of anilines is 1. The van der Waals surface area contributed by atoms with Crippen LogP contribution in [-0.2, 0) is 36.9 Å². The standard InChI is InChI=1S/C34H39N7O7S/c35-18-26(40-34(47)48-24-13-11-21(12-14-24)17-25(36)31(44)38-23-9-5-2-6-10-23)32(45)39-27(30(37)43)20-49-28-15-16-29(42)41(33(28)46)19-22-7-3-1-4-8-22/h1-14,25-28H,15-20,35-36H2,(H2,37,43)(H,38,44)(H,39,45)(H,40,47)/t25-,26-,27-,28?/m0/s1. The van der Waals surface area contributed by atoms with Gasteiger partial charge in [0.1, 0.15) is 17.8 Å². The van der Waals surface area contributed by atoms with Crippen molar-refractivity contribution < 1.29 is 33.5 Å². The van der Waals surface area contributed by atoms with Gasteiger partial charge in [0.15, 0.2) is 0 Å². The molecule has 1 saturated heterocycles. The number of primary amides is 1. The predicted molar refractivity (Wildman–Crippen MR) is 184 cm³/mol. The van der Waals surface area contributed by atoms with Crippen molar-refractivity contribution in [1.29, 1.82) is 0 Å². The van der Waals surface area contributed by atoms with E-state index in [1.54, 1.807) is 36.4 Å². The van der Waals surface area contributed by atoms with Gasteiger partial charge < -0.3 is 37.9 Å². The monoisotopic (exact) mass is 689 g/mol. The van der Waals surface area contributed by atoms with Crippen LogP contribution in [0, 0.1) is 0 Å². The number of ether oxygens (including phenoxy) is 1. The van der Waals surface area contributed by atoms with Gasteiger partial charge >= 0.3 is 6.09 Å². The third-order valence-electron chi connectivity index (χ3n) is 7.58. The molecule has 4 atom stereocenters. The minimum absolute atomic E-state index is 0.0451. The Kier molecular flexibility index (Phi) is 13.3. The summed E-state index contributed by atoms with van der Waals surface area (Å²) in [5, 5.41) is 6.97. The molecule has 1 aliphatic rings. The number of nitrogens with zero attached hydrogens (tertiary/aromatic N) is 1. The van der Waals surface area contributed by atoms with Gasteiger partial charge in [-0.05, 0) is 48.2 Å². The molecule has 258 valence electrons. The fraction of sp³-hybridized carbons (Fsp3) is 0.294. The Morgan fingerprint density at radius 3 is 2.14 bits per heavy atom. The average Bonchev–Trinajstić information content (AvgIpc) is 3.09. The van der Waals surface area contributed by atoms with Crippen LogP contribution in [0.4, 0.5) is 10.5 Å². The predicted octanol–water partition coefficient (Wildman–Crippen LogP) is 1.03. The first-order chi connectivity index (χ1) is 23.5. The topological polar surface area (TPSA) is 229 Å². The van der Waals surface area contributed by atoms with Crippen LogP contribution in [0.2, 0.25) is 0 Å². The Balaban J connectivity index is 1.25. The lowest BCUT2D eigenvalue weighted by Gasteiger charge is -2.31. The molecule has 0 aliphatic carbocycles. The number of carbonyl (C=O) groups is 6. The van der Waals surface area contributed by atoms with E-state index < -0.39 is 41.3 Å². The number of hydrogen-bond acceptors (Lipinski definition) is 10. The Labute approximate surface area is 287 Å². The lowest BCUT2D eigenvalue weighted by Crippen LogP contribution is -2.56. The molecule has 3 aromatic carbocycles. The summed E-state index contributed by atoms with van der Waals surface area (Å²) in [4.78, 5) is 76.9. The SMILES string of the molecule is NC[C@H](NC(=O)Oc1ccc(C[C@H](N)C(=O)Nc2ccccc2)cc1)C(=O)N[C@@H](CSC1CCC(=O)N(Cc2ccccc2)C1=O)C(N)=O. The Bertz CT molecular complexity index is 1630. The van der Waals surface area contributed by atoms with Crippen LogP contribution in [-0.4, -0.2) is 76.2 Å². The summed E-state index contributed by atoms with van der Waals surface area (Å²) in [6.07, 6.45) is -0.298. The van der Waals surface area contributed by atoms with Gasteiger partial charge in [-0.25, -0.2) is 4.79 Å². The van der Waals surface area contributed by atoms with Gasteiger partial charge in [0.25, 0.3) is 0 Å². The quantitative estimate of drug-likeness (QED) is 0.124. The number of carbonyl (C=O) groups excluding carboxylic acids is 6. The smallest absolute Gasteiger partial charge is 0.410 e. The first kappa shape index (κ1) is 36.6. The van der Waals surface area contributed by atoms with E-state index in [0.29, 0.717) is 5.69 Å². The van der Waals surface area contributed by atoms with Crippen LogP contribution < -0.4 is 37.9 Å². The van der Waals surface area contributed by atoms with Crippen LogP contribution in [0.15, 0.2) is 84.9 Å². The number of para-hydroxylation sites is 1. The van der Waals surface area contributed by atoms with Crippen LogP contribution in [0.5, 0.6) is 5.75 Å². The molecule has 1 heterocycles. The number of amides is 6. The first-order valence-corrected chi connectivity index (χ1v) is 16.6. The molecule has 0 aromatic heterocycles. The van der Waals surface area contributed by atoms with E-state index in [4.69, 9.17) is 21.9 Å². The normalized spacial score (nSPS) is 16.2. The van der Waals surface area contributed by atoms with Crippen LogP contribution in [0.3, 0.4) is 0 Å². The zero-order chi connectivity index (χ0) is 35.3. The Morgan fingerprint density at radius 1 is 0.857 bits per heavy atom. The highest BCUT2D eigenvalue weighted by Crippen LogP contribution is 2.26. The maximum atomic E-state index is 13.1. The number of nitrogens with two attached hydrogens (primary N) is 3. The van der Waals surface area contributed by atoms with E-state index in [1.807, 2.05) is 36.4 Å². The zero-order valence-electron chi connectivity index (χ0n) is 26.6. The molecule has 15 heteroatoms. The average molecular weight is 690 g/mol. The number of benzene rings is 3. The molecule has 1 fully saturated rings. The molecule has 0 radical (unpaired) electrons. The molecule has 1 aliphatic heterocycles. The Hall–Kier alpha value is -5.25. The van der Waals surface area contributed by atoms with Crippen molar-refractivity contribution >= 4 is 53.1 Å². The molecule has 1 unspecified atom stereocenters. The van der Waals surface area contributed by atoms with Crippen LogP contribution >= 0.6 is 11.8 Å². The van der Waals surface area contributed by atoms with Crippen molar-refractivity contribution in [3.8, 4) is 5.75 Å². The number of piperidine rings is 1. The first-order valence-electron chi connectivity index (χ1n) is 15.5. The molecule has 0 bridgehead atoms. The second kappa shape index (κ2) is 17.8. The molecule has 0 spiro atoms. The minimum Gasteiger partial charge on any atom is -0.410 e. The Morgan fingerprint density at radius 2 is 1.51 bits per heavy atom. The highest BCUT2D eigenvalue weighted by molar-refractivity contribution is 8.00. The summed E-state index contributed by atoms with van der Waals surface area (Å²) in [5.74, 6) is -2.53. The molecule has 14 nitrogen and oxygen atoms in total. The highest BCUT2D eigenvalue weighted by Gasteiger charge is 2.36. The summed E-state index contributed by atoms with van der Waals surface area (Å²) in [6.45, 7) is -0.184. The van der Waals surface area contributed by atoms with E-state index in [-0.39, 0.29) is 61.6 Å². The number of nitrogens with one attached hydrogen (secondary N) is 3. The van der Waals surface area contributed by atoms with Gasteiger partial charge in [0.2, 0.25) is 29.5 Å². The van der Waals surface area contributed by atoms with Crippen molar-refractivity contribution in [1.82, 2.24) is 15.5 Å². The number of hydrogen-bond donors (Lipinski definition) is 6.